The zero-order chi connectivity index (χ0) is 14.4. The molecule has 0 unspecified atom stereocenters. The van der Waals surface area contributed by atoms with E-state index >= 15 is 0 Å². The van der Waals surface area contributed by atoms with Gasteiger partial charge in [0.15, 0.2) is 0 Å². The highest BCUT2D eigenvalue weighted by atomic mass is 16.5. The second-order valence-corrected chi connectivity index (χ2v) is 4.17. The topological polar surface area (TPSA) is 50.7 Å². The maximum absolute atomic E-state index is 9.29. The maximum atomic E-state index is 9.29. The van der Waals surface area contributed by atoms with Gasteiger partial charge in [-0.25, -0.2) is 0 Å². The summed E-state index contributed by atoms with van der Waals surface area (Å²) in [4.78, 5) is 0. The number of rotatable bonds is 5. The normalized spacial score (nSPS) is 11.1. The van der Waals surface area contributed by atoms with Gasteiger partial charge >= 0.3 is 0 Å². The Morgan fingerprint density at radius 1 is 0.900 bits per heavy atom. The van der Waals surface area contributed by atoms with Gasteiger partial charge in [-0.05, 0) is 48.0 Å². The fraction of sp³-hybridized carbons (Fsp3) is 0.125. The van der Waals surface area contributed by atoms with Gasteiger partial charge in [-0.15, -0.1) is 0 Å². The van der Waals surface area contributed by atoms with Crippen molar-refractivity contribution in [2.45, 2.75) is 0 Å². The lowest BCUT2D eigenvalue weighted by Crippen LogP contribution is -2.05. The zero-order valence-electron chi connectivity index (χ0n) is 11.5. The molecule has 0 bridgehead atoms. The summed E-state index contributed by atoms with van der Waals surface area (Å²) in [5, 5.41) is 9.29. The van der Waals surface area contributed by atoms with Crippen LogP contribution in [-0.4, -0.2) is 19.4 Å². The average Bonchev–Trinajstić information content (AvgIpc) is 2.53. The summed E-state index contributed by atoms with van der Waals surface area (Å²) in [6, 6.07) is 15.0. The monoisotopic (exact) mass is 271 g/mol. The highest BCUT2D eigenvalue weighted by Gasteiger charge is 2.01. The molecule has 2 aromatic carbocycles. The summed E-state index contributed by atoms with van der Waals surface area (Å²) in [6.07, 6.45) is 1.85. The second kappa shape index (κ2) is 6.63. The quantitative estimate of drug-likeness (QED) is 0.648. The Hall–Kier alpha value is -2.46. The van der Waals surface area contributed by atoms with Gasteiger partial charge in [0.05, 0.1) is 19.9 Å². The van der Waals surface area contributed by atoms with Gasteiger partial charge in [-0.1, -0.05) is 12.1 Å². The third kappa shape index (κ3) is 3.30. The molecule has 0 aliphatic heterocycles. The van der Waals surface area contributed by atoms with E-state index in [2.05, 4.69) is 5.48 Å². The Morgan fingerprint density at radius 3 is 1.85 bits per heavy atom. The van der Waals surface area contributed by atoms with Crippen LogP contribution in [0.1, 0.15) is 11.1 Å². The SMILES string of the molecule is COc1ccc(C=C(NO)c2ccc(OC)cc2)cc1. The number of methoxy groups -OCH3 is 2. The first kappa shape index (κ1) is 14.0. The molecule has 104 valence electrons. The number of nitrogens with one attached hydrogen (secondary N) is 1. The zero-order valence-corrected chi connectivity index (χ0v) is 11.5. The molecule has 0 saturated carbocycles. The molecule has 20 heavy (non-hydrogen) atoms. The van der Waals surface area contributed by atoms with Gasteiger partial charge in [-0.3, -0.25) is 10.7 Å². The van der Waals surface area contributed by atoms with E-state index in [1.54, 1.807) is 14.2 Å². The predicted octanol–water partition coefficient (Wildman–Crippen LogP) is 3.18. The molecule has 0 aliphatic carbocycles. The third-order valence-electron chi connectivity index (χ3n) is 2.95. The molecule has 0 radical (unpaired) electrons. The van der Waals surface area contributed by atoms with E-state index in [0.29, 0.717) is 5.70 Å². The number of hydrogen-bond acceptors (Lipinski definition) is 4. The van der Waals surface area contributed by atoms with E-state index in [-0.39, 0.29) is 0 Å². The summed E-state index contributed by atoms with van der Waals surface area (Å²) >= 11 is 0. The first-order valence-electron chi connectivity index (χ1n) is 6.17. The van der Waals surface area contributed by atoms with Crippen molar-refractivity contribution < 1.29 is 14.7 Å². The highest BCUT2D eigenvalue weighted by Crippen LogP contribution is 2.20. The fourth-order valence-electron chi connectivity index (χ4n) is 1.82. The summed E-state index contributed by atoms with van der Waals surface area (Å²) in [6.45, 7) is 0. The van der Waals surface area contributed by atoms with Crippen LogP contribution in [0.2, 0.25) is 0 Å². The Bertz CT molecular complexity index is 574. The van der Waals surface area contributed by atoms with Crippen LogP contribution in [-0.2, 0) is 0 Å². The molecule has 0 aromatic heterocycles. The van der Waals surface area contributed by atoms with Crippen molar-refractivity contribution in [1.29, 1.82) is 0 Å². The fourth-order valence-corrected chi connectivity index (χ4v) is 1.82. The number of hydrogen-bond donors (Lipinski definition) is 2. The minimum Gasteiger partial charge on any atom is -0.497 e. The lowest BCUT2D eigenvalue weighted by atomic mass is 10.1. The van der Waals surface area contributed by atoms with Crippen molar-refractivity contribution in [3.63, 3.8) is 0 Å². The van der Waals surface area contributed by atoms with E-state index in [0.717, 1.165) is 22.6 Å². The summed E-state index contributed by atoms with van der Waals surface area (Å²) < 4.78 is 10.2. The Morgan fingerprint density at radius 2 is 1.40 bits per heavy atom. The molecule has 0 spiro atoms. The van der Waals surface area contributed by atoms with Crippen LogP contribution in [0.25, 0.3) is 11.8 Å². The molecule has 2 aromatic rings. The number of benzene rings is 2. The number of hydroxylamine groups is 1. The molecule has 0 heterocycles. The Balaban J connectivity index is 2.26. The average molecular weight is 271 g/mol. The Labute approximate surface area is 118 Å². The van der Waals surface area contributed by atoms with Crippen molar-refractivity contribution in [2.75, 3.05) is 14.2 Å². The van der Waals surface area contributed by atoms with Crippen LogP contribution in [0.15, 0.2) is 48.5 Å². The van der Waals surface area contributed by atoms with Crippen LogP contribution < -0.4 is 15.0 Å². The first-order valence-corrected chi connectivity index (χ1v) is 6.17. The van der Waals surface area contributed by atoms with Gasteiger partial charge in [0.25, 0.3) is 0 Å². The summed E-state index contributed by atoms with van der Waals surface area (Å²) in [7, 11) is 3.25. The molecular formula is C16H17NO3. The molecular weight excluding hydrogens is 254 g/mol. The largest absolute Gasteiger partial charge is 0.497 e. The van der Waals surface area contributed by atoms with Crippen molar-refractivity contribution >= 4 is 11.8 Å². The smallest absolute Gasteiger partial charge is 0.118 e. The van der Waals surface area contributed by atoms with Crippen LogP contribution >= 0.6 is 0 Å². The van der Waals surface area contributed by atoms with E-state index < -0.39 is 0 Å². The van der Waals surface area contributed by atoms with Crippen molar-refractivity contribution in [3.05, 3.63) is 59.7 Å². The molecule has 2 N–H and O–H groups in total. The molecule has 0 saturated heterocycles. The minimum absolute atomic E-state index is 0.609. The summed E-state index contributed by atoms with van der Waals surface area (Å²) in [5.41, 5.74) is 4.65. The summed E-state index contributed by atoms with van der Waals surface area (Å²) in [5.74, 6) is 1.57. The first-order chi connectivity index (χ1) is 9.76. The highest BCUT2D eigenvalue weighted by molar-refractivity contribution is 5.79. The van der Waals surface area contributed by atoms with Crippen LogP contribution in [0.4, 0.5) is 0 Å². The van der Waals surface area contributed by atoms with Gasteiger partial charge in [0.2, 0.25) is 0 Å². The van der Waals surface area contributed by atoms with E-state index in [1.165, 1.54) is 0 Å². The van der Waals surface area contributed by atoms with E-state index in [1.807, 2.05) is 54.6 Å². The molecule has 0 amide bonds. The van der Waals surface area contributed by atoms with E-state index in [9.17, 15) is 5.21 Å². The van der Waals surface area contributed by atoms with Crippen molar-refractivity contribution in [2.24, 2.45) is 0 Å². The van der Waals surface area contributed by atoms with Gasteiger partial charge in [0.1, 0.15) is 11.5 Å². The lowest BCUT2D eigenvalue weighted by molar-refractivity contribution is 0.225. The minimum atomic E-state index is 0.609. The van der Waals surface area contributed by atoms with Crippen LogP contribution in [0.3, 0.4) is 0 Å². The van der Waals surface area contributed by atoms with Gasteiger partial charge in [-0.2, -0.15) is 0 Å². The predicted molar refractivity (Wildman–Crippen MR) is 78.8 cm³/mol. The van der Waals surface area contributed by atoms with Gasteiger partial charge < -0.3 is 9.47 Å². The molecule has 0 fully saturated rings. The van der Waals surface area contributed by atoms with Crippen LogP contribution in [0.5, 0.6) is 11.5 Å². The number of ether oxygens (including phenoxy) is 2. The third-order valence-corrected chi connectivity index (χ3v) is 2.95. The standard InChI is InChI=1S/C16H17NO3/c1-19-14-7-3-12(4-8-14)11-16(17-18)13-5-9-15(20-2)10-6-13/h3-11,17-18H,1-2H3. The maximum Gasteiger partial charge on any atom is 0.118 e. The lowest BCUT2D eigenvalue weighted by Gasteiger charge is -2.08. The van der Waals surface area contributed by atoms with Crippen LogP contribution in [0, 0.1) is 0 Å². The van der Waals surface area contributed by atoms with Crippen molar-refractivity contribution in [1.82, 2.24) is 5.48 Å². The molecule has 0 atom stereocenters. The molecule has 4 nitrogen and oxygen atoms in total. The van der Waals surface area contributed by atoms with Gasteiger partial charge in [0, 0.05) is 5.56 Å². The Kier molecular flexibility index (Phi) is 4.63. The second-order valence-electron chi connectivity index (χ2n) is 4.17. The molecule has 0 aliphatic rings. The van der Waals surface area contributed by atoms with E-state index in [4.69, 9.17) is 9.47 Å². The molecule has 4 heteroatoms. The van der Waals surface area contributed by atoms with Crippen molar-refractivity contribution in [3.8, 4) is 11.5 Å². The molecule has 2 rings (SSSR count).